The third-order valence-corrected chi connectivity index (χ3v) is 7.54. The van der Waals surface area contributed by atoms with Crippen LogP contribution in [0.3, 0.4) is 0 Å². The van der Waals surface area contributed by atoms with Crippen LogP contribution in [0.5, 0.6) is 5.75 Å². The summed E-state index contributed by atoms with van der Waals surface area (Å²) < 4.78 is 21.9. The Bertz CT molecular complexity index is 1380. The second kappa shape index (κ2) is 8.51. The molecule has 1 fully saturated rings. The predicted octanol–water partition coefficient (Wildman–Crippen LogP) is 1.92. The number of halogens is 1. The van der Waals surface area contributed by atoms with Crippen LogP contribution < -0.4 is 15.6 Å². The number of rotatable bonds is 6. The fraction of sp³-hybridized carbons (Fsp3) is 0.423. The summed E-state index contributed by atoms with van der Waals surface area (Å²) in [5.41, 5.74) is 2.53. The highest BCUT2D eigenvalue weighted by molar-refractivity contribution is 5.83. The lowest BCUT2D eigenvalue weighted by molar-refractivity contribution is -0.0159. The van der Waals surface area contributed by atoms with E-state index in [-0.39, 0.29) is 24.2 Å². The molecule has 0 bridgehead atoms. The molecule has 6 rings (SSSR count). The lowest BCUT2D eigenvalue weighted by Crippen LogP contribution is -2.48. The van der Waals surface area contributed by atoms with Crippen molar-refractivity contribution in [2.45, 2.75) is 44.0 Å². The first kappa shape index (κ1) is 22.3. The number of aromatic nitrogens is 2. The third kappa shape index (κ3) is 3.84. The predicted molar refractivity (Wildman–Crippen MR) is 130 cm³/mol. The Kier molecular flexibility index (Phi) is 5.43. The fourth-order valence-electron chi connectivity index (χ4n) is 5.85. The van der Waals surface area contributed by atoms with Crippen LogP contribution in [0.2, 0.25) is 0 Å². The van der Waals surface area contributed by atoms with Crippen molar-refractivity contribution >= 4 is 17.2 Å². The highest BCUT2D eigenvalue weighted by atomic mass is 19.1. The molecule has 8 nitrogen and oxygen atoms in total. The number of β-amino-alcohol motifs (C(OH)–C–C–N with tert-alkyl or cyclic N) is 1. The summed E-state index contributed by atoms with van der Waals surface area (Å²) >= 11 is 0. The second-order valence-corrected chi connectivity index (χ2v) is 9.85. The summed E-state index contributed by atoms with van der Waals surface area (Å²) in [5.74, 6) is 0.270. The van der Waals surface area contributed by atoms with Gasteiger partial charge in [-0.25, -0.2) is 4.39 Å². The number of piperidine rings is 1. The molecular formula is C26H28FN5O3. The lowest BCUT2D eigenvalue weighted by atomic mass is 9.93. The van der Waals surface area contributed by atoms with Gasteiger partial charge in [0.25, 0.3) is 5.56 Å². The van der Waals surface area contributed by atoms with E-state index >= 15 is 0 Å². The number of nitrogens with zero attached hydrogens (tertiary/aromatic N) is 3. The highest BCUT2D eigenvalue weighted by Gasteiger charge is 2.43. The number of fused-ring (bicyclic) bond motifs is 1. The van der Waals surface area contributed by atoms with E-state index in [1.165, 1.54) is 22.4 Å². The van der Waals surface area contributed by atoms with Gasteiger partial charge in [-0.05, 0) is 49.2 Å². The Labute approximate surface area is 201 Å². The minimum atomic E-state index is -1.46. The van der Waals surface area contributed by atoms with E-state index in [0.717, 1.165) is 62.0 Å². The normalized spacial score (nSPS) is 21.9. The Morgan fingerprint density at radius 3 is 2.94 bits per heavy atom. The summed E-state index contributed by atoms with van der Waals surface area (Å²) in [6, 6.07) is 7.51. The number of benzene rings is 1. The van der Waals surface area contributed by atoms with Crippen molar-refractivity contribution in [3.8, 4) is 5.75 Å². The van der Waals surface area contributed by atoms with Gasteiger partial charge < -0.3 is 25.1 Å². The van der Waals surface area contributed by atoms with Gasteiger partial charge in [-0.2, -0.15) is 0 Å². The van der Waals surface area contributed by atoms with Crippen LogP contribution in [0.4, 0.5) is 4.39 Å². The smallest absolute Gasteiger partial charge is 0.251 e. The van der Waals surface area contributed by atoms with E-state index < -0.39 is 11.4 Å². The van der Waals surface area contributed by atoms with Gasteiger partial charge in [0.2, 0.25) is 0 Å². The molecule has 3 N–H and O–H groups in total. The maximum absolute atomic E-state index is 14.8. The summed E-state index contributed by atoms with van der Waals surface area (Å²) in [6.07, 6.45) is 5.18. The molecule has 2 aromatic heterocycles. The first-order valence-electron chi connectivity index (χ1n) is 12.1. The zero-order chi connectivity index (χ0) is 24.2. The molecule has 1 aromatic carbocycles. The average Bonchev–Trinajstić information content (AvgIpc) is 3.45. The fourth-order valence-corrected chi connectivity index (χ4v) is 5.85. The number of nitrogens with one attached hydrogen (secondary N) is 2. The van der Waals surface area contributed by atoms with Gasteiger partial charge >= 0.3 is 0 Å². The molecule has 5 heterocycles. The van der Waals surface area contributed by atoms with E-state index in [9.17, 15) is 14.3 Å². The average molecular weight is 478 g/mol. The van der Waals surface area contributed by atoms with E-state index in [0.29, 0.717) is 23.7 Å². The molecule has 0 spiro atoms. The Balaban J connectivity index is 1.10. The molecule has 0 radical (unpaired) electrons. The molecule has 3 aliphatic rings. The number of hydrogen-bond donors (Lipinski definition) is 3. The van der Waals surface area contributed by atoms with Gasteiger partial charge in [-0.1, -0.05) is 6.07 Å². The van der Waals surface area contributed by atoms with E-state index in [1.807, 2.05) is 6.07 Å². The molecule has 1 atom stereocenters. The van der Waals surface area contributed by atoms with Crippen molar-refractivity contribution in [2.24, 2.45) is 0 Å². The van der Waals surface area contributed by atoms with Crippen LogP contribution >= 0.6 is 0 Å². The van der Waals surface area contributed by atoms with Gasteiger partial charge in [0.05, 0.1) is 35.9 Å². The van der Waals surface area contributed by atoms with Gasteiger partial charge in [-0.3, -0.25) is 14.7 Å². The molecule has 0 saturated carbocycles. The summed E-state index contributed by atoms with van der Waals surface area (Å²) in [5, 5.41) is 22.8. The Morgan fingerprint density at radius 1 is 1.31 bits per heavy atom. The second-order valence-electron chi connectivity index (χ2n) is 9.85. The minimum Gasteiger partial charge on any atom is -0.492 e. The molecule has 35 heavy (non-hydrogen) atoms. The molecular weight excluding hydrogens is 449 g/mol. The molecule has 9 heteroatoms. The maximum Gasteiger partial charge on any atom is 0.251 e. The summed E-state index contributed by atoms with van der Waals surface area (Å²) in [4.78, 5) is 18.6. The number of ether oxygens (including phenoxy) is 1. The topological polar surface area (TPSA) is 103 Å². The first-order valence-corrected chi connectivity index (χ1v) is 12.1. The van der Waals surface area contributed by atoms with Crippen LogP contribution in [0.1, 0.15) is 35.1 Å². The van der Waals surface area contributed by atoms with Gasteiger partial charge in [0, 0.05) is 43.4 Å². The quantitative estimate of drug-likeness (QED) is 0.469. The minimum absolute atomic E-state index is 0.0384. The molecule has 3 aromatic rings. The Morgan fingerprint density at radius 2 is 2.14 bits per heavy atom. The van der Waals surface area contributed by atoms with Gasteiger partial charge in [0.1, 0.15) is 17.2 Å². The lowest BCUT2D eigenvalue weighted by Gasteiger charge is -2.37. The first-order chi connectivity index (χ1) is 16.9. The summed E-state index contributed by atoms with van der Waals surface area (Å²) in [7, 11) is 0. The van der Waals surface area contributed by atoms with Crippen LogP contribution in [-0.2, 0) is 25.1 Å². The highest BCUT2D eigenvalue weighted by Crippen LogP contribution is 2.38. The van der Waals surface area contributed by atoms with E-state index in [1.54, 1.807) is 6.07 Å². The molecule has 0 unspecified atom stereocenters. The number of likely N-dealkylation sites (tertiary alicyclic amines) is 1. The van der Waals surface area contributed by atoms with Crippen LogP contribution in [-0.4, -0.2) is 58.1 Å². The molecule has 0 aliphatic carbocycles. The van der Waals surface area contributed by atoms with Crippen molar-refractivity contribution in [3.05, 3.63) is 68.9 Å². The molecule has 0 amide bonds. The standard InChI is InChI=1S/C26H28FN5O3/c27-20-13-30-21-1-2-22(33)32-15-26(34,23(20)24(21)32)14-31-6-3-19(4-7-31)29-12-16-9-17-5-8-35-25(17)18(10-16)11-28/h1-2,9-11,13,19,28-29,34H,3-8,12,14-15H2/t26-/m0/s1. The molecule has 1 saturated heterocycles. The summed E-state index contributed by atoms with van der Waals surface area (Å²) in [6.45, 7) is 3.24. The van der Waals surface area contributed by atoms with Crippen LogP contribution in [0, 0.1) is 11.2 Å². The number of pyridine rings is 2. The van der Waals surface area contributed by atoms with Crippen molar-refractivity contribution < 1.29 is 14.2 Å². The molecule has 3 aliphatic heterocycles. The monoisotopic (exact) mass is 477 g/mol. The number of hydrogen-bond acceptors (Lipinski definition) is 7. The number of aliphatic hydroxyl groups is 1. The van der Waals surface area contributed by atoms with E-state index in [4.69, 9.17) is 10.1 Å². The largest absolute Gasteiger partial charge is 0.492 e. The van der Waals surface area contributed by atoms with Crippen LogP contribution in [0.15, 0.2) is 35.3 Å². The zero-order valence-corrected chi connectivity index (χ0v) is 19.4. The van der Waals surface area contributed by atoms with Crippen LogP contribution in [0.25, 0.3) is 11.0 Å². The third-order valence-electron chi connectivity index (χ3n) is 7.54. The van der Waals surface area contributed by atoms with Crippen molar-refractivity contribution in [3.63, 3.8) is 0 Å². The molecule has 182 valence electrons. The van der Waals surface area contributed by atoms with Gasteiger partial charge in [0.15, 0.2) is 0 Å². The van der Waals surface area contributed by atoms with Crippen molar-refractivity contribution in [1.82, 2.24) is 19.8 Å². The maximum atomic E-state index is 14.8. The zero-order valence-electron chi connectivity index (χ0n) is 19.4. The van der Waals surface area contributed by atoms with Crippen molar-refractivity contribution in [2.75, 3.05) is 26.2 Å². The SMILES string of the molecule is N=Cc1cc(CNC2CCN(C[C@]3(O)Cn4c(=O)ccc5ncc(F)c3c54)CC2)cc2c1OCC2. The van der Waals surface area contributed by atoms with Crippen molar-refractivity contribution in [1.29, 1.82) is 5.41 Å². The van der Waals surface area contributed by atoms with Gasteiger partial charge in [-0.15, -0.1) is 0 Å². The Hall–Kier alpha value is -3.14. The van der Waals surface area contributed by atoms with E-state index in [2.05, 4.69) is 21.3 Å².